The zero-order valence-electron chi connectivity index (χ0n) is 35.0. The van der Waals surface area contributed by atoms with Gasteiger partial charge in [-0.1, -0.05) is 45.9 Å². The molecular weight excluding hydrogens is 750 g/mol. The molecule has 0 aliphatic carbocycles. The third kappa shape index (κ3) is 8.55. The Balaban J connectivity index is 1.70. The highest BCUT2D eigenvalue weighted by molar-refractivity contribution is 6.22. The zero-order chi connectivity index (χ0) is 43.0. The first kappa shape index (κ1) is 44.4. The van der Waals surface area contributed by atoms with Gasteiger partial charge in [0.25, 0.3) is 11.7 Å². The quantitative estimate of drug-likeness (QED) is 0.143. The second-order valence-corrected chi connectivity index (χ2v) is 16.3. The number of aliphatic hydroxyl groups is 2. The highest BCUT2D eigenvalue weighted by Crippen LogP contribution is 2.55. The van der Waals surface area contributed by atoms with Crippen LogP contribution in [0.25, 0.3) is 10.8 Å². The van der Waals surface area contributed by atoms with Gasteiger partial charge in [0.2, 0.25) is 0 Å². The molecule has 2 aromatic rings. The molecular formula is C43H59N3O12. The number of hydrogen-bond acceptors (Lipinski definition) is 14. The monoisotopic (exact) mass is 809 g/mol. The van der Waals surface area contributed by atoms with E-state index in [1.165, 1.54) is 46.3 Å². The molecule has 1 amide bonds. The van der Waals surface area contributed by atoms with Crippen LogP contribution in [0.4, 0.5) is 5.69 Å². The summed E-state index contributed by atoms with van der Waals surface area (Å²) < 4.78 is 23.7. The SMILES string of the molecule is CO[C@@H]1/C=C\O[C@]2(C)Oc3c(C)c(O)c4c(O)c(c(CN5CCN(C)CC5)c(O)c4c3C2=O)NC(=O)/C(C)=C\C=C[C@@H](C)[C@@H](O)[C@H](C)[C@@H](O)C(C)[C@H](OC(C)=O)[C@@H]1C. The maximum atomic E-state index is 14.4. The molecule has 0 saturated carbocycles. The van der Waals surface area contributed by atoms with Crippen molar-refractivity contribution < 1.29 is 58.9 Å². The Labute approximate surface area is 339 Å². The molecule has 0 radical (unpaired) electrons. The standard InChI is InChI=1S/C43H59N3O12/c1-21-12-11-13-22(2)42(54)44-33-28(20-46-17-15-45(9)16-18-46)37(51)30-31(38(33)52)36(50)26(6)40-32(30)41(53)43(8,58-40)56-19-14-29(55-10)23(3)39(57-27(7)47)25(5)35(49)24(4)34(21)48/h11-14,19,21,23-25,29,34-35,39,48-52H,15-18,20H2,1-10H3,(H,44,54)/b12-11?,19-14-,22-13-/t21-,23-,24+,25?,29-,34-,35-,39-,43-/m1/s1. The maximum absolute atomic E-state index is 14.4. The summed E-state index contributed by atoms with van der Waals surface area (Å²) in [4.78, 5) is 44.7. The van der Waals surface area contributed by atoms with Crippen molar-refractivity contribution in [2.75, 3.05) is 45.7 Å². The molecule has 4 aliphatic rings. The Bertz CT molecular complexity index is 2000. The van der Waals surface area contributed by atoms with Crippen LogP contribution in [0.3, 0.4) is 0 Å². The number of aromatic hydroxyl groups is 3. The van der Waals surface area contributed by atoms with Crippen LogP contribution < -0.4 is 10.1 Å². The van der Waals surface area contributed by atoms with Crippen molar-refractivity contribution in [2.24, 2.45) is 23.7 Å². The fraction of sp³-hybridized carbons (Fsp3) is 0.558. The number of nitrogens with one attached hydrogen (secondary N) is 1. The number of phenolic OH excluding ortho intramolecular Hbond substituents is 3. The molecule has 9 atom stereocenters. The molecule has 4 aliphatic heterocycles. The van der Waals surface area contributed by atoms with E-state index in [0.717, 1.165) is 13.1 Å². The van der Waals surface area contributed by atoms with Crippen LogP contribution in [-0.2, 0) is 30.3 Å². The molecule has 1 saturated heterocycles. The van der Waals surface area contributed by atoms with Gasteiger partial charge in [-0.25, -0.2) is 0 Å². The number of benzene rings is 2. The largest absolute Gasteiger partial charge is 0.507 e. The van der Waals surface area contributed by atoms with Crippen molar-refractivity contribution in [3.05, 3.63) is 52.8 Å². The van der Waals surface area contributed by atoms with Crippen LogP contribution in [0.2, 0.25) is 0 Å². The van der Waals surface area contributed by atoms with Gasteiger partial charge >= 0.3 is 11.8 Å². The smallest absolute Gasteiger partial charge is 0.312 e. The third-order valence-corrected chi connectivity index (χ3v) is 12.1. The Morgan fingerprint density at radius 3 is 2.21 bits per heavy atom. The Morgan fingerprint density at radius 1 is 0.931 bits per heavy atom. The van der Waals surface area contributed by atoms with E-state index in [4.69, 9.17) is 18.9 Å². The number of aliphatic hydroxyl groups excluding tert-OH is 2. The average Bonchev–Trinajstić information content (AvgIpc) is 3.45. The summed E-state index contributed by atoms with van der Waals surface area (Å²) in [5.74, 6) is -7.86. The number of amides is 1. The number of allylic oxidation sites excluding steroid dienone is 2. The number of Topliss-reactive ketones (excluding diaryl/α,β-unsaturated/α-hetero) is 1. The molecule has 58 heavy (non-hydrogen) atoms. The highest BCUT2D eigenvalue weighted by atomic mass is 16.7. The topological polar surface area (TPSA) is 208 Å². The van der Waals surface area contributed by atoms with Crippen molar-refractivity contribution in [2.45, 2.75) is 92.1 Å². The molecule has 2 aromatic carbocycles. The van der Waals surface area contributed by atoms with Crippen molar-refractivity contribution in [1.29, 1.82) is 0 Å². The number of piperazine rings is 1. The number of ether oxygens (including phenoxy) is 4. The van der Waals surface area contributed by atoms with Crippen molar-refractivity contribution in [1.82, 2.24) is 9.80 Å². The average molecular weight is 810 g/mol. The number of methoxy groups -OCH3 is 1. The lowest BCUT2D eigenvalue weighted by molar-refractivity contribution is -0.160. The minimum Gasteiger partial charge on any atom is -0.507 e. The van der Waals surface area contributed by atoms with Gasteiger partial charge < -0.3 is 54.7 Å². The zero-order valence-corrected chi connectivity index (χ0v) is 35.0. The first-order valence-corrected chi connectivity index (χ1v) is 19.7. The molecule has 6 rings (SSSR count). The van der Waals surface area contributed by atoms with E-state index in [0.29, 0.717) is 13.1 Å². The molecule has 4 heterocycles. The van der Waals surface area contributed by atoms with Crippen LogP contribution in [0.5, 0.6) is 23.0 Å². The number of likely N-dealkylation sites (N-methyl/N-ethyl adjacent to an activating group) is 1. The van der Waals surface area contributed by atoms with E-state index in [-0.39, 0.29) is 51.0 Å². The highest BCUT2D eigenvalue weighted by Gasteiger charge is 2.50. The number of phenols is 3. The van der Waals surface area contributed by atoms with Gasteiger partial charge in [-0.2, -0.15) is 0 Å². The van der Waals surface area contributed by atoms with Crippen molar-refractivity contribution >= 4 is 34.1 Å². The molecule has 15 nitrogen and oxygen atoms in total. The lowest BCUT2D eigenvalue weighted by Crippen LogP contribution is -2.46. The summed E-state index contributed by atoms with van der Waals surface area (Å²) in [5, 5.41) is 60.9. The van der Waals surface area contributed by atoms with E-state index in [1.807, 2.05) is 11.9 Å². The third-order valence-electron chi connectivity index (χ3n) is 12.1. The summed E-state index contributed by atoms with van der Waals surface area (Å²) >= 11 is 0. The second-order valence-electron chi connectivity index (χ2n) is 16.3. The summed E-state index contributed by atoms with van der Waals surface area (Å²) in [5.41, 5.74) is 0.176. The van der Waals surface area contributed by atoms with Crippen LogP contribution in [0.1, 0.15) is 70.0 Å². The van der Waals surface area contributed by atoms with E-state index in [2.05, 4.69) is 10.2 Å². The number of nitrogens with zero attached hydrogens (tertiary/aromatic N) is 2. The molecule has 1 fully saturated rings. The summed E-state index contributed by atoms with van der Waals surface area (Å²) in [6.07, 6.45) is 3.73. The number of carbonyl (C=O) groups is 3. The van der Waals surface area contributed by atoms with Crippen LogP contribution in [0, 0.1) is 30.6 Å². The number of rotatable bonds is 4. The van der Waals surface area contributed by atoms with Gasteiger partial charge in [0, 0.05) is 99.4 Å². The molecule has 0 spiro atoms. The minimum absolute atomic E-state index is 0.0565. The molecule has 6 N–H and O–H groups in total. The van der Waals surface area contributed by atoms with Gasteiger partial charge in [-0.3, -0.25) is 19.3 Å². The fourth-order valence-electron chi connectivity index (χ4n) is 8.17. The predicted molar refractivity (Wildman–Crippen MR) is 217 cm³/mol. The van der Waals surface area contributed by atoms with Crippen LogP contribution in [-0.4, -0.2) is 124 Å². The van der Waals surface area contributed by atoms with Crippen molar-refractivity contribution in [3.63, 3.8) is 0 Å². The normalized spacial score (nSPS) is 32.0. The number of fused-ring (bicyclic) bond motifs is 14. The number of ketones is 1. The Hall–Kier alpha value is -4.67. The van der Waals surface area contributed by atoms with Gasteiger partial charge in [0.15, 0.2) is 5.75 Å². The number of hydrogen-bond donors (Lipinski definition) is 6. The predicted octanol–water partition coefficient (Wildman–Crippen LogP) is 4.50. The van der Waals surface area contributed by atoms with Gasteiger partial charge in [0.1, 0.15) is 23.4 Å². The van der Waals surface area contributed by atoms with Gasteiger partial charge in [-0.05, 0) is 27.0 Å². The summed E-state index contributed by atoms with van der Waals surface area (Å²) in [7, 11) is 3.44. The molecule has 15 heteroatoms. The van der Waals surface area contributed by atoms with E-state index in [1.54, 1.807) is 46.8 Å². The van der Waals surface area contributed by atoms with Gasteiger partial charge in [0.05, 0.1) is 41.2 Å². The van der Waals surface area contributed by atoms with Gasteiger partial charge in [-0.15, -0.1) is 0 Å². The number of carbonyl (C=O) groups excluding carboxylic acids is 3. The maximum Gasteiger partial charge on any atom is 0.312 e. The lowest BCUT2D eigenvalue weighted by Gasteiger charge is -2.38. The minimum atomic E-state index is -2.01. The molecule has 1 unspecified atom stereocenters. The number of anilines is 1. The van der Waals surface area contributed by atoms with Crippen LogP contribution >= 0.6 is 0 Å². The van der Waals surface area contributed by atoms with E-state index >= 15 is 0 Å². The van der Waals surface area contributed by atoms with E-state index in [9.17, 15) is 39.9 Å². The molecule has 318 valence electrons. The molecule has 5 bridgehead atoms. The van der Waals surface area contributed by atoms with E-state index < -0.39 is 88.8 Å². The Kier molecular flexibility index (Phi) is 13.5. The fourth-order valence-corrected chi connectivity index (χ4v) is 8.17. The first-order chi connectivity index (χ1) is 27.2. The van der Waals surface area contributed by atoms with Crippen molar-refractivity contribution in [3.8, 4) is 23.0 Å². The van der Waals surface area contributed by atoms with Crippen LogP contribution in [0.15, 0.2) is 36.1 Å². The summed E-state index contributed by atoms with van der Waals surface area (Å²) in [6.45, 7) is 15.4. The Morgan fingerprint density at radius 2 is 1.59 bits per heavy atom. The molecule has 0 aromatic heterocycles. The lowest BCUT2D eigenvalue weighted by atomic mass is 9.78. The first-order valence-electron chi connectivity index (χ1n) is 19.7. The summed E-state index contributed by atoms with van der Waals surface area (Å²) in [6, 6.07) is 0. The number of esters is 1. The second kappa shape index (κ2) is 17.7.